The first-order chi connectivity index (χ1) is 16.3. The average molecular weight is 499 g/mol. The van der Waals surface area contributed by atoms with Crippen molar-refractivity contribution in [2.24, 2.45) is 0 Å². The maximum atomic E-state index is 13.4. The lowest BCUT2D eigenvalue weighted by molar-refractivity contribution is -0.119. The molecule has 34 heavy (non-hydrogen) atoms. The van der Waals surface area contributed by atoms with Crippen molar-refractivity contribution in [1.82, 2.24) is 0 Å². The topological polar surface area (TPSA) is 92.8 Å². The molecular weight excluding hydrogens is 476 g/mol. The first kappa shape index (κ1) is 23.8. The summed E-state index contributed by atoms with van der Waals surface area (Å²) in [5.41, 5.74) is 3.06. The molecule has 9 heteroatoms. The van der Waals surface area contributed by atoms with E-state index in [-0.39, 0.29) is 15.5 Å². The summed E-state index contributed by atoms with van der Waals surface area (Å²) in [5.74, 6) is -1.41. The highest BCUT2D eigenvalue weighted by Gasteiger charge is 2.30. The summed E-state index contributed by atoms with van der Waals surface area (Å²) >= 11 is 6.16. The van der Waals surface area contributed by atoms with Crippen molar-refractivity contribution >= 4 is 44.9 Å². The Morgan fingerprint density at radius 1 is 1.06 bits per heavy atom. The number of hydrogen-bond donors (Lipinski definition) is 1. The van der Waals surface area contributed by atoms with Crippen LogP contribution in [0.3, 0.4) is 0 Å². The number of anilines is 2. The Morgan fingerprint density at radius 3 is 2.56 bits per heavy atom. The van der Waals surface area contributed by atoms with Gasteiger partial charge >= 0.3 is 5.97 Å². The normalized spacial score (nSPS) is 13.2. The van der Waals surface area contributed by atoms with E-state index in [9.17, 15) is 18.0 Å². The lowest BCUT2D eigenvalue weighted by atomic mass is 10.0. The molecule has 1 amide bonds. The summed E-state index contributed by atoms with van der Waals surface area (Å²) in [5, 5.41) is 2.66. The third-order valence-electron chi connectivity index (χ3n) is 5.48. The van der Waals surface area contributed by atoms with Crippen LogP contribution in [-0.4, -0.2) is 33.4 Å². The monoisotopic (exact) mass is 498 g/mol. The molecule has 0 bridgehead atoms. The molecule has 1 heterocycles. The number of nitrogens with one attached hydrogen (secondary N) is 1. The molecule has 3 aromatic rings. The van der Waals surface area contributed by atoms with Gasteiger partial charge in [-0.05, 0) is 61.7 Å². The minimum atomic E-state index is -3.94. The highest BCUT2D eigenvalue weighted by molar-refractivity contribution is 7.92. The first-order valence-corrected chi connectivity index (χ1v) is 12.5. The van der Waals surface area contributed by atoms with Gasteiger partial charge in [-0.1, -0.05) is 47.5 Å². The summed E-state index contributed by atoms with van der Waals surface area (Å²) < 4.78 is 33.2. The fourth-order valence-corrected chi connectivity index (χ4v) is 5.50. The standard InChI is InChI=1S/C25H23ClN2O5S/c1-17-8-10-19(11-9-17)27-24(29)16-33-25(30)21-15-20(12-13-22(21)26)34(31,32)28-14-4-6-18-5-2-3-7-23(18)28/h2-3,5,7-13,15H,4,6,14,16H2,1H3,(H,27,29). The molecule has 0 atom stereocenters. The highest BCUT2D eigenvalue weighted by Crippen LogP contribution is 2.33. The summed E-state index contributed by atoms with van der Waals surface area (Å²) in [6.45, 7) is 1.72. The maximum absolute atomic E-state index is 13.4. The third kappa shape index (κ3) is 5.08. The Balaban J connectivity index is 1.50. The van der Waals surface area contributed by atoms with E-state index in [1.165, 1.54) is 22.5 Å². The second-order valence-corrected chi connectivity index (χ2v) is 10.2. The summed E-state index contributed by atoms with van der Waals surface area (Å²) in [6, 6.07) is 18.4. The number of para-hydroxylation sites is 1. The number of rotatable bonds is 6. The van der Waals surface area contributed by atoms with Crippen LogP contribution in [0.1, 0.15) is 27.9 Å². The predicted molar refractivity (Wildman–Crippen MR) is 131 cm³/mol. The fourth-order valence-electron chi connectivity index (χ4n) is 3.74. The Bertz CT molecular complexity index is 1340. The van der Waals surface area contributed by atoms with Gasteiger partial charge in [0, 0.05) is 12.2 Å². The second kappa shape index (κ2) is 9.87. The van der Waals surface area contributed by atoms with Crippen molar-refractivity contribution in [3.05, 3.63) is 88.4 Å². The number of esters is 1. The first-order valence-electron chi connectivity index (χ1n) is 10.7. The smallest absolute Gasteiger partial charge is 0.340 e. The maximum Gasteiger partial charge on any atom is 0.340 e. The number of benzene rings is 3. The highest BCUT2D eigenvalue weighted by atomic mass is 35.5. The van der Waals surface area contributed by atoms with Gasteiger partial charge in [-0.25, -0.2) is 13.2 Å². The number of ether oxygens (including phenoxy) is 1. The largest absolute Gasteiger partial charge is 0.452 e. The van der Waals surface area contributed by atoms with Gasteiger partial charge in [0.25, 0.3) is 15.9 Å². The fraction of sp³-hybridized carbons (Fsp3) is 0.200. The minimum Gasteiger partial charge on any atom is -0.452 e. The van der Waals surface area contributed by atoms with Gasteiger partial charge in [0.1, 0.15) is 0 Å². The van der Waals surface area contributed by atoms with Gasteiger partial charge < -0.3 is 10.1 Å². The molecule has 1 aliphatic rings. The molecule has 176 valence electrons. The molecule has 4 rings (SSSR count). The van der Waals surface area contributed by atoms with Crippen molar-refractivity contribution in [2.45, 2.75) is 24.7 Å². The summed E-state index contributed by atoms with van der Waals surface area (Å²) in [6.07, 6.45) is 1.49. The van der Waals surface area contributed by atoms with Crippen molar-refractivity contribution in [2.75, 3.05) is 22.8 Å². The van der Waals surface area contributed by atoms with Crippen LogP contribution >= 0.6 is 11.6 Å². The number of fused-ring (bicyclic) bond motifs is 1. The zero-order chi connectivity index (χ0) is 24.3. The van der Waals surface area contributed by atoms with Crippen LogP contribution < -0.4 is 9.62 Å². The van der Waals surface area contributed by atoms with E-state index in [4.69, 9.17) is 16.3 Å². The van der Waals surface area contributed by atoms with Gasteiger partial charge in [-0.3, -0.25) is 9.10 Å². The number of amides is 1. The van der Waals surface area contributed by atoms with Crippen molar-refractivity contribution in [1.29, 1.82) is 0 Å². The van der Waals surface area contributed by atoms with Crippen LogP contribution in [0.25, 0.3) is 0 Å². The minimum absolute atomic E-state index is 0.0296. The van der Waals surface area contributed by atoms with Gasteiger partial charge in [-0.15, -0.1) is 0 Å². The molecular formula is C25H23ClN2O5S. The zero-order valence-electron chi connectivity index (χ0n) is 18.5. The molecule has 0 spiro atoms. The average Bonchev–Trinajstić information content (AvgIpc) is 2.83. The van der Waals surface area contributed by atoms with E-state index < -0.39 is 28.5 Å². The molecule has 0 aliphatic carbocycles. The number of halogens is 1. The Morgan fingerprint density at radius 2 is 1.79 bits per heavy atom. The van der Waals surface area contributed by atoms with Gasteiger partial charge in [-0.2, -0.15) is 0 Å². The lowest BCUT2D eigenvalue weighted by Crippen LogP contribution is -2.35. The Labute approximate surface area is 203 Å². The van der Waals surface area contributed by atoms with E-state index in [0.29, 0.717) is 24.3 Å². The van der Waals surface area contributed by atoms with Gasteiger partial charge in [0.05, 0.1) is 21.2 Å². The number of sulfonamides is 1. The summed E-state index contributed by atoms with van der Waals surface area (Å²) in [7, 11) is -3.94. The molecule has 0 saturated heterocycles. The molecule has 0 fully saturated rings. The van der Waals surface area contributed by atoms with Crippen LogP contribution in [0.15, 0.2) is 71.6 Å². The number of hydrogen-bond acceptors (Lipinski definition) is 5. The van der Waals surface area contributed by atoms with E-state index in [0.717, 1.165) is 17.5 Å². The number of carbonyl (C=O) groups is 2. The molecule has 1 aliphatic heterocycles. The van der Waals surface area contributed by atoms with Crippen LogP contribution in [0.5, 0.6) is 0 Å². The molecule has 0 unspecified atom stereocenters. The van der Waals surface area contributed by atoms with Crippen molar-refractivity contribution in [3.8, 4) is 0 Å². The van der Waals surface area contributed by atoms with Crippen LogP contribution in [0.4, 0.5) is 11.4 Å². The van der Waals surface area contributed by atoms with E-state index >= 15 is 0 Å². The van der Waals surface area contributed by atoms with Crippen LogP contribution in [0.2, 0.25) is 5.02 Å². The van der Waals surface area contributed by atoms with E-state index in [1.807, 2.05) is 31.2 Å². The quantitative estimate of drug-likeness (QED) is 0.502. The zero-order valence-corrected chi connectivity index (χ0v) is 20.0. The molecule has 7 nitrogen and oxygen atoms in total. The molecule has 1 N–H and O–H groups in total. The van der Waals surface area contributed by atoms with Crippen molar-refractivity contribution < 1.29 is 22.7 Å². The van der Waals surface area contributed by atoms with Gasteiger partial charge in [0.2, 0.25) is 0 Å². The molecule has 0 saturated carbocycles. The lowest BCUT2D eigenvalue weighted by Gasteiger charge is -2.30. The Hall–Kier alpha value is -3.36. The predicted octanol–water partition coefficient (Wildman–Crippen LogP) is 4.59. The SMILES string of the molecule is Cc1ccc(NC(=O)COC(=O)c2cc(S(=O)(=O)N3CCCc4ccccc43)ccc2Cl)cc1. The second-order valence-electron chi connectivity index (χ2n) is 7.94. The molecule has 0 aromatic heterocycles. The molecule has 3 aromatic carbocycles. The number of nitrogens with zero attached hydrogens (tertiary/aromatic N) is 1. The number of aryl methyl sites for hydroxylation is 2. The number of carbonyl (C=O) groups excluding carboxylic acids is 2. The summed E-state index contributed by atoms with van der Waals surface area (Å²) in [4.78, 5) is 24.7. The van der Waals surface area contributed by atoms with Gasteiger partial charge in [0.15, 0.2) is 6.61 Å². The van der Waals surface area contributed by atoms with E-state index in [2.05, 4.69) is 5.32 Å². The van der Waals surface area contributed by atoms with Crippen LogP contribution in [0, 0.1) is 6.92 Å². The van der Waals surface area contributed by atoms with E-state index in [1.54, 1.807) is 24.3 Å². The Kier molecular flexibility index (Phi) is 6.90. The van der Waals surface area contributed by atoms with Crippen molar-refractivity contribution in [3.63, 3.8) is 0 Å². The third-order valence-corrected chi connectivity index (χ3v) is 7.62. The van der Waals surface area contributed by atoms with Crippen LogP contribution in [-0.2, 0) is 26.0 Å². The molecule has 0 radical (unpaired) electrons.